The zero-order valence-corrected chi connectivity index (χ0v) is 9.27. The largest absolute Gasteiger partial charge is 0.396 e. The molecule has 0 aromatic heterocycles. The fraction of sp³-hybridized carbons (Fsp3) is 0.600. The van der Waals surface area contributed by atoms with Crippen molar-refractivity contribution in [3.05, 3.63) is 33.2 Å². The van der Waals surface area contributed by atoms with Crippen molar-refractivity contribution in [2.75, 3.05) is 6.61 Å². The lowest BCUT2D eigenvalue weighted by molar-refractivity contribution is -0.430. The van der Waals surface area contributed by atoms with Crippen molar-refractivity contribution in [2.45, 2.75) is 31.7 Å². The Morgan fingerprint density at radius 1 is 1.69 bits per heavy atom. The molecule has 1 unspecified atom stereocenters. The maximum atomic E-state index is 10.8. The summed E-state index contributed by atoms with van der Waals surface area (Å²) in [5.74, 6) is 0. The van der Waals surface area contributed by atoms with Gasteiger partial charge in [0.05, 0.1) is 11.3 Å². The lowest BCUT2D eigenvalue weighted by Gasteiger charge is -2.32. The molecule has 0 aromatic rings. The van der Waals surface area contributed by atoms with Crippen LogP contribution in [-0.2, 0) is 0 Å². The minimum atomic E-state index is -0.756. The predicted molar refractivity (Wildman–Crippen MR) is 59.8 cm³/mol. The molecule has 1 atom stereocenters. The smallest absolute Gasteiger partial charge is 0.271 e. The summed E-state index contributed by atoms with van der Waals surface area (Å²) in [5.41, 5.74) is 11.9. The summed E-state index contributed by atoms with van der Waals surface area (Å²) in [5, 5.41) is 19.5. The summed E-state index contributed by atoms with van der Waals surface area (Å²) >= 11 is 0. The number of rotatable bonds is 4. The summed E-state index contributed by atoms with van der Waals surface area (Å²) in [4.78, 5) is 10.3. The van der Waals surface area contributed by atoms with Crippen LogP contribution in [0.2, 0.25) is 0 Å². The van der Waals surface area contributed by atoms with E-state index in [9.17, 15) is 10.1 Å². The van der Waals surface area contributed by atoms with Crippen LogP contribution in [0.4, 0.5) is 0 Å². The van der Waals surface area contributed by atoms with Gasteiger partial charge in [0.2, 0.25) is 0 Å². The molecule has 0 heterocycles. The minimum absolute atomic E-state index is 0.0270. The molecule has 6 nitrogen and oxygen atoms in total. The minimum Gasteiger partial charge on any atom is -0.396 e. The summed E-state index contributed by atoms with van der Waals surface area (Å²) in [6.45, 7) is 1.83. The normalized spacial score (nSPS) is 25.6. The molecular weight excluding hydrogens is 210 g/mol. The molecule has 90 valence electrons. The second kappa shape index (κ2) is 4.63. The summed E-state index contributed by atoms with van der Waals surface area (Å²) in [6, 6.07) is 0. The molecule has 6 heteroatoms. The molecule has 0 radical (unpaired) electrons. The summed E-state index contributed by atoms with van der Waals surface area (Å²) in [7, 11) is 0. The molecule has 1 aliphatic rings. The number of allylic oxidation sites excluding steroid dienone is 1. The highest BCUT2D eigenvalue weighted by atomic mass is 16.6. The molecule has 0 bridgehead atoms. The van der Waals surface area contributed by atoms with Crippen LogP contribution in [0.15, 0.2) is 23.0 Å². The van der Waals surface area contributed by atoms with Gasteiger partial charge in [-0.1, -0.05) is 5.57 Å². The van der Waals surface area contributed by atoms with E-state index in [1.807, 2.05) is 0 Å². The van der Waals surface area contributed by atoms with Gasteiger partial charge in [0.25, 0.3) is 5.70 Å². The van der Waals surface area contributed by atoms with Crippen molar-refractivity contribution >= 4 is 0 Å². The van der Waals surface area contributed by atoms with Gasteiger partial charge in [-0.2, -0.15) is 0 Å². The van der Waals surface area contributed by atoms with Crippen LogP contribution in [0.3, 0.4) is 0 Å². The van der Waals surface area contributed by atoms with Crippen molar-refractivity contribution in [2.24, 2.45) is 11.5 Å². The molecule has 0 aromatic carbocycles. The fourth-order valence-electron chi connectivity index (χ4n) is 1.85. The SMILES string of the molecule is CC1=CC(N)=C([N+](=O)[O-])CC1(N)CCCO. The van der Waals surface area contributed by atoms with Gasteiger partial charge >= 0.3 is 0 Å². The Morgan fingerprint density at radius 2 is 2.31 bits per heavy atom. The maximum absolute atomic E-state index is 10.8. The van der Waals surface area contributed by atoms with E-state index >= 15 is 0 Å². The number of nitrogens with two attached hydrogens (primary N) is 2. The van der Waals surface area contributed by atoms with E-state index in [2.05, 4.69) is 0 Å². The first-order valence-electron chi connectivity index (χ1n) is 5.12. The highest BCUT2D eigenvalue weighted by molar-refractivity contribution is 5.35. The molecule has 1 rings (SSSR count). The Balaban J connectivity index is 2.96. The predicted octanol–water partition coefficient (Wildman–Crippen LogP) is 0.253. The highest BCUT2D eigenvalue weighted by Gasteiger charge is 2.36. The van der Waals surface area contributed by atoms with Crippen LogP contribution in [-0.4, -0.2) is 22.2 Å². The van der Waals surface area contributed by atoms with Crippen LogP contribution in [0.1, 0.15) is 26.2 Å². The Hall–Kier alpha value is -1.40. The van der Waals surface area contributed by atoms with Crippen molar-refractivity contribution in [3.63, 3.8) is 0 Å². The fourth-order valence-corrected chi connectivity index (χ4v) is 1.85. The topological polar surface area (TPSA) is 115 Å². The van der Waals surface area contributed by atoms with E-state index in [0.29, 0.717) is 12.8 Å². The van der Waals surface area contributed by atoms with Gasteiger partial charge in [0.1, 0.15) is 5.70 Å². The number of nitrogens with zero attached hydrogens (tertiary/aromatic N) is 1. The van der Waals surface area contributed by atoms with Crippen LogP contribution in [0.25, 0.3) is 0 Å². The summed E-state index contributed by atoms with van der Waals surface area (Å²) in [6.07, 6.45) is 2.70. The molecule has 1 aliphatic carbocycles. The van der Waals surface area contributed by atoms with Gasteiger partial charge in [-0.05, 0) is 25.8 Å². The quantitative estimate of drug-likeness (QED) is 0.470. The van der Waals surface area contributed by atoms with E-state index in [1.165, 1.54) is 0 Å². The van der Waals surface area contributed by atoms with Crippen LogP contribution in [0.5, 0.6) is 0 Å². The van der Waals surface area contributed by atoms with Crippen LogP contribution >= 0.6 is 0 Å². The lowest BCUT2D eigenvalue weighted by Crippen LogP contribution is -2.44. The van der Waals surface area contributed by atoms with E-state index in [0.717, 1.165) is 5.57 Å². The molecule has 0 saturated heterocycles. The second-order valence-electron chi connectivity index (χ2n) is 4.15. The maximum Gasteiger partial charge on any atom is 0.271 e. The van der Waals surface area contributed by atoms with E-state index in [4.69, 9.17) is 16.6 Å². The summed E-state index contributed by atoms with van der Waals surface area (Å²) < 4.78 is 0. The zero-order chi connectivity index (χ0) is 12.3. The van der Waals surface area contributed by atoms with E-state index in [-0.39, 0.29) is 24.4 Å². The lowest BCUT2D eigenvalue weighted by atomic mass is 9.79. The van der Waals surface area contributed by atoms with Crippen molar-refractivity contribution in [1.82, 2.24) is 0 Å². The Bertz CT molecular complexity index is 362. The molecule has 0 saturated carbocycles. The van der Waals surface area contributed by atoms with Gasteiger partial charge in [-0.25, -0.2) is 0 Å². The zero-order valence-electron chi connectivity index (χ0n) is 9.27. The Morgan fingerprint density at radius 3 is 2.81 bits per heavy atom. The molecule has 0 aliphatic heterocycles. The van der Waals surface area contributed by atoms with Gasteiger partial charge in [0.15, 0.2) is 0 Å². The van der Waals surface area contributed by atoms with Gasteiger partial charge in [-0.3, -0.25) is 10.1 Å². The average molecular weight is 227 g/mol. The molecule has 0 spiro atoms. The van der Waals surface area contributed by atoms with Crippen molar-refractivity contribution in [3.8, 4) is 0 Å². The molecule has 16 heavy (non-hydrogen) atoms. The first-order valence-corrected chi connectivity index (χ1v) is 5.12. The van der Waals surface area contributed by atoms with Gasteiger partial charge < -0.3 is 16.6 Å². The highest BCUT2D eigenvalue weighted by Crippen LogP contribution is 2.32. The number of hydrogen-bond acceptors (Lipinski definition) is 5. The first kappa shape index (κ1) is 12.7. The average Bonchev–Trinajstić information content (AvgIpc) is 2.21. The molecule has 0 fully saturated rings. The number of hydrogen-bond donors (Lipinski definition) is 3. The Kier molecular flexibility index (Phi) is 3.66. The molecule has 0 amide bonds. The third-order valence-corrected chi connectivity index (χ3v) is 2.97. The number of aliphatic hydroxyl groups is 1. The van der Waals surface area contributed by atoms with Crippen LogP contribution in [0, 0.1) is 10.1 Å². The van der Waals surface area contributed by atoms with Crippen molar-refractivity contribution < 1.29 is 10.0 Å². The van der Waals surface area contributed by atoms with Crippen molar-refractivity contribution in [1.29, 1.82) is 0 Å². The molecule has 5 N–H and O–H groups in total. The third-order valence-electron chi connectivity index (χ3n) is 2.97. The third kappa shape index (κ3) is 2.40. The van der Waals surface area contributed by atoms with Crippen LogP contribution < -0.4 is 11.5 Å². The monoisotopic (exact) mass is 227 g/mol. The number of nitro groups is 1. The standard InChI is InChI=1S/C10H17N3O3/c1-7-5-8(11)9(13(15)16)6-10(7,12)3-2-4-14/h5,14H,2-4,6,11-12H2,1H3. The van der Waals surface area contributed by atoms with E-state index < -0.39 is 10.5 Å². The Labute approximate surface area is 93.8 Å². The first-order chi connectivity index (χ1) is 7.40. The molecular formula is C10H17N3O3. The van der Waals surface area contributed by atoms with E-state index in [1.54, 1.807) is 13.0 Å². The second-order valence-corrected chi connectivity index (χ2v) is 4.15. The van der Waals surface area contributed by atoms with Gasteiger partial charge in [-0.15, -0.1) is 0 Å². The van der Waals surface area contributed by atoms with Gasteiger partial charge in [0, 0.05) is 12.1 Å². The number of aliphatic hydroxyl groups excluding tert-OH is 1.